The van der Waals surface area contributed by atoms with E-state index in [4.69, 9.17) is 5.11 Å². The van der Waals surface area contributed by atoms with E-state index < -0.39 is 35.0 Å². The van der Waals surface area contributed by atoms with Gasteiger partial charge < -0.3 is 20.4 Å². The highest BCUT2D eigenvalue weighted by atomic mass is 16.4. The largest absolute Gasteiger partial charge is 0.481 e. The average Bonchev–Trinajstić information content (AvgIpc) is 2.94. The molecular formula is C23H32O7. The van der Waals surface area contributed by atoms with Gasteiger partial charge in [-0.1, -0.05) is 19.4 Å². The van der Waals surface area contributed by atoms with Crippen molar-refractivity contribution >= 4 is 17.7 Å². The molecule has 0 aromatic rings. The molecule has 4 aliphatic carbocycles. The van der Waals surface area contributed by atoms with E-state index in [-0.39, 0.29) is 41.8 Å². The van der Waals surface area contributed by atoms with Crippen molar-refractivity contribution in [2.24, 2.45) is 34.5 Å². The first kappa shape index (κ1) is 21.5. The molecule has 0 spiro atoms. The molecule has 4 aliphatic rings. The van der Waals surface area contributed by atoms with Crippen LogP contribution in [0.15, 0.2) is 11.6 Å². The highest BCUT2D eigenvalue weighted by Crippen LogP contribution is 2.69. The Bertz CT molecular complexity index is 818. The number of aliphatic hydroxyl groups excluding tert-OH is 1. The minimum atomic E-state index is -1.33. The summed E-state index contributed by atoms with van der Waals surface area (Å²) < 4.78 is 0. The fourth-order valence-corrected chi connectivity index (χ4v) is 7.65. The molecule has 4 rings (SSSR count). The molecule has 3 saturated carbocycles. The van der Waals surface area contributed by atoms with Crippen molar-refractivity contribution in [3.63, 3.8) is 0 Å². The Hall–Kier alpha value is -1.73. The number of ketones is 1. The number of rotatable bonds is 4. The van der Waals surface area contributed by atoms with E-state index in [0.717, 1.165) is 5.57 Å². The summed E-state index contributed by atoms with van der Waals surface area (Å²) in [6, 6.07) is 0. The molecule has 2 unspecified atom stereocenters. The quantitative estimate of drug-likeness (QED) is 0.549. The fourth-order valence-electron chi connectivity index (χ4n) is 7.65. The van der Waals surface area contributed by atoms with Crippen LogP contribution in [0.1, 0.15) is 65.2 Å². The predicted octanol–water partition coefficient (Wildman–Crippen LogP) is 2.40. The Morgan fingerprint density at radius 1 is 1.17 bits per heavy atom. The first-order valence-electron chi connectivity index (χ1n) is 11.0. The van der Waals surface area contributed by atoms with Gasteiger partial charge in [-0.3, -0.25) is 14.4 Å². The lowest BCUT2D eigenvalue weighted by Gasteiger charge is -2.62. The molecule has 30 heavy (non-hydrogen) atoms. The lowest BCUT2D eigenvalue weighted by molar-refractivity contribution is -0.204. The topological polar surface area (TPSA) is 132 Å². The van der Waals surface area contributed by atoms with Gasteiger partial charge in [0.25, 0.3) is 0 Å². The second-order valence-electron chi connectivity index (χ2n) is 10.5. The number of carboxylic acids is 2. The third kappa shape index (κ3) is 2.81. The number of aliphatic hydroxyl groups is 2. The monoisotopic (exact) mass is 420 g/mol. The lowest BCUT2D eigenvalue weighted by Crippen LogP contribution is -2.63. The molecule has 0 aromatic heterocycles. The zero-order valence-corrected chi connectivity index (χ0v) is 17.6. The van der Waals surface area contributed by atoms with E-state index in [2.05, 4.69) is 6.92 Å². The maximum Gasteiger partial charge on any atom is 0.307 e. The maximum atomic E-state index is 12.3. The molecule has 0 aromatic carbocycles. The summed E-state index contributed by atoms with van der Waals surface area (Å²) >= 11 is 0. The van der Waals surface area contributed by atoms with E-state index in [9.17, 15) is 29.7 Å². The molecule has 0 radical (unpaired) electrons. The SMILES string of the molecule is C[C@]12CCC(=O)C=C1CC(C(=O)O)[C@@H]1[C@@H]2CC(O)[C@@]2(C)[C@H]1CC[C@]2(O)CCC(=O)O. The Labute approximate surface area is 176 Å². The number of allylic oxidation sites excluding steroid dienone is 1. The zero-order chi connectivity index (χ0) is 22.1. The van der Waals surface area contributed by atoms with E-state index in [0.29, 0.717) is 38.5 Å². The third-order valence-electron chi connectivity index (χ3n) is 9.49. The molecule has 0 saturated heterocycles. The van der Waals surface area contributed by atoms with Crippen molar-refractivity contribution in [2.45, 2.75) is 76.9 Å². The van der Waals surface area contributed by atoms with Gasteiger partial charge in [0.2, 0.25) is 0 Å². The first-order chi connectivity index (χ1) is 13.9. The second-order valence-corrected chi connectivity index (χ2v) is 10.5. The smallest absolute Gasteiger partial charge is 0.307 e. The molecule has 3 fully saturated rings. The Kier molecular flexibility index (Phi) is 4.94. The van der Waals surface area contributed by atoms with Gasteiger partial charge in [-0.2, -0.15) is 0 Å². The van der Waals surface area contributed by atoms with Gasteiger partial charge in [-0.05, 0) is 67.8 Å². The summed E-state index contributed by atoms with van der Waals surface area (Å²) in [6.45, 7) is 3.92. The molecule has 4 N–H and O–H groups in total. The van der Waals surface area contributed by atoms with Crippen LogP contribution in [0.4, 0.5) is 0 Å². The molecular weight excluding hydrogens is 388 g/mol. The van der Waals surface area contributed by atoms with E-state index in [1.54, 1.807) is 6.08 Å². The van der Waals surface area contributed by atoms with Gasteiger partial charge in [-0.25, -0.2) is 0 Å². The first-order valence-corrected chi connectivity index (χ1v) is 11.0. The van der Waals surface area contributed by atoms with Gasteiger partial charge in [0, 0.05) is 18.3 Å². The Morgan fingerprint density at radius 3 is 2.50 bits per heavy atom. The van der Waals surface area contributed by atoms with Gasteiger partial charge in [-0.15, -0.1) is 0 Å². The van der Waals surface area contributed by atoms with Crippen molar-refractivity contribution in [1.29, 1.82) is 0 Å². The minimum Gasteiger partial charge on any atom is -0.481 e. The molecule has 0 bridgehead atoms. The maximum absolute atomic E-state index is 12.3. The van der Waals surface area contributed by atoms with Crippen molar-refractivity contribution in [2.75, 3.05) is 0 Å². The van der Waals surface area contributed by atoms with Crippen LogP contribution in [0, 0.1) is 34.5 Å². The molecule has 0 aliphatic heterocycles. The molecule has 0 heterocycles. The number of carbonyl (C=O) groups excluding carboxylic acids is 1. The number of fused-ring (bicyclic) bond motifs is 5. The van der Waals surface area contributed by atoms with Crippen molar-refractivity contribution in [1.82, 2.24) is 0 Å². The molecule has 166 valence electrons. The van der Waals surface area contributed by atoms with Crippen molar-refractivity contribution in [3.05, 3.63) is 11.6 Å². The summed E-state index contributed by atoms with van der Waals surface area (Å²) in [5.74, 6) is -3.03. The molecule has 8 atom stereocenters. The van der Waals surface area contributed by atoms with Crippen molar-refractivity contribution in [3.8, 4) is 0 Å². The Balaban J connectivity index is 1.77. The summed E-state index contributed by atoms with van der Waals surface area (Å²) in [7, 11) is 0. The summed E-state index contributed by atoms with van der Waals surface area (Å²) in [5, 5.41) is 42.0. The second kappa shape index (κ2) is 6.89. The van der Waals surface area contributed by atoms with Crippen LogP contribution in [-0.2, 0) is 14.4 Å². The predicted molar refractivity (Wildman–Crippen MR) is 106 cm³/mol. The van der Waals surface area contributed by atoms with E-state index in [1.807, 2.05) is 6.92 Å². The number of carbonyl (C=O) groups is 3. The zero-order valence-electron chi connectivity index (χ0n) is 17.6. The summed E-state index contributed by atoms with van der Waals surface area (Å²) in [4.78, 5) is 35.5. The van der Waals surface area contributed by atoms with Crippen molar-refractivity contribution < 1.29 is 34.8 Å². The lowest BCUT2D eigenvalue weighted by atomic mass is 9.43. The van der Waals surface area contributed by atoms with Gasteiger partial charge >= 0.3 is 11.9 Å². The number of carboxylic acid groups (broad SMARTS) is 2. The number of hydrogen-bond acceptors (Lipinski definition) is 5. The van der Waals surface area contributed by atoms with Crippen LogP contribution in [0.5, 0.6) is 0 Å². The van der Waals surface area contributed by atoms with E-state index >= 15 is 0 Å². The van der Waals surface area contributed by atoms with E-state index in [1.165, 1.54) is 0 Å². The highest BCUT2D eigenvalue weighted by molar-refractivity contribution is 5.92. The molecule has 7 nitrogen and oxygen atoms in total. The van der Waals surface area contributed by atoms with Crippen LogP contribution in [0.25, 0.3) is 0 Å². The summed E-state index contributed by atoms with van der Waals surface area (Å²) in [5.41, 5.74) is -1.71. The fraction of sp³-hybridized carbons (Fsp3) is 0.783. The Morgan fingerprint density at radius 2 is 1.87 bits per heavy atom. The summed E-state index contributed by atoms with van der Waals surface area (Å²) in [6.07, 6.45) is 3.36. The van der Waals surface area contributed by atoms with Crippen LogP contribution in [0.2, 0.25) is 0 Å². The van der Waals surface area contributed by atoms with Gasteiger partial charge in [0.15, 0.2) is 5.78 Å². The van der Waals surface area contributed by atoms with Gasteiger partial charge in [0.1, 0.15) is 0 Å². The molecule has 0 amide bonds. The van der Waals surface area contributed by atoms with Gasteiger partial charge in [0.05, 0.1) is 17.6 Å². The normalized spacial score (nSPS) is 47.7. The number of aliphatic carboxylic acids is 2. The van der Waals surface area contributed by atoms with Crippen LogP contribution < -0.4 is 0 Å². The average molecular weight is 421 g/mol. The number of hydrogen-bond donors (Lipinski definition) is 4. The third-order valence-corrected chi connectivity index (χ3v) is 9.49. The van der Waals surface area contributed by atoms with Crippen LogP contribution in [0.3, 0.4) is 0 Å². The van der Waals surface area contributed by atoms with Crippen LogP contribution >= 0.6 is 0 Å². The highest BCUT2D eigenvalue weighted by Gasteiger charge is 2.69. The molecule has 7 heteroatoms. The minimum absolute atomic E-state index is 0.0372. The standard InChI is InChI=1S/C23H32O7/c1-21-6-3-13(24)9-12(21)10-14(20(28)29)19-15-4-7-23(30,8-5-18(26)27)22(15,2)17(25)11-16(19)21/h9,14-17,19,25,30H,3-8,10-11H2,1-2H3,(H,26,27)(H,28,29)/t14?,15-,16-,17?,19-,21-,22+,23-/m0/s1. The van der Waals surface area contributed by atoms with Crippen LogP contribution in [-0.4, -0.2) is 49.9 Å².